The van der Waals surface area contributed by atoms with Crippen LogP contribution in [0.25, 0.3) is 0 Å². The Morgan fingerprint density at radius 3 is 1.72 bits per heavy atom. The van der Waals surface area contributed by atoms with Crippen molar-refractivity contribution in [3.05, 3.63) is 185 Å². The summed E-state index contributed by atoms with van der Waals surface area (Å²) in [6.07, 6.45) is 2.68. The lowest BCUT2D eigenvalue weighted by molar-refractivity contribution is -0.141. The van der Waals surface area contributed by atoms with E-state index < -0.39 is 82.6 Å². The summed E-state index contributed by atoms with van der Waals surface area (Å²) in [7, 11) is 0. The number of esters is 2. The van der Waals surface area contributed by atoms with E-state index in [9.17, 15) is 34.2 Å². The van der Waals surface area contributed by atoms with Crippen molar-refractivity contribution in [3.63, 3.8) is 0 Å². The van der Waals surface area contributed by atoms with Crippen LogP contribution in [0.1, 0.15) is 89.7 Å². The molecule has 4 fully saturated rings. The number of ether oxygens (including phenoxy) is 2. The van der Waals surface area contributed by atoms with Crippen molar-refractivity contribution >= 4 is 81.4 Å². The number of carboxylic acid groups (broad SMARTS) is 2. The minimum Gasteiger partial charge on any atom is -0.478 e. The first-order valence-corrected chi connectivity index (χ1v) is 30.4. The van der Waals surface area contributed by atoms with Crippen molar-refractivity contribution in [2.75, 3.05) is 68.8 Å². The lowest BCUT2D eigenvalue weighted by Crippen LogP contribution is -2.52. The predicted octanol–water partition coefficient (Wildman–Crippen LogP) is 8.04. The number of piperidine rings is 2. The summed E-state index contributed by atoms with van der Waals surface area (Å²) in [6, 6.07) is 18.0. The molecular formula is C63H58F4N10O10S2. The monoisotopic (exact) mass is 1250 g/mol. The average Bonchev–Trinajstić information content (AvgIpc) is 1.76. The number of benzene rings is 4. The number of likely N-dealkylation sites (tertiary alicyclic amines) is 2. The number of hydrogen-bond acceptors (Lipinski definition) is 18. The highest BCUT2D eigenvalue weighted by molar-refractivity contribution is 7.13. The molecule has 6 aliphatic rings. The second kappa shape index (κ2) is 24.2. The maximum Gasteiger partial charge on any atom is 0.338 e. The molecule has 460 valence electrons. The van der Waals surface area contributed by atoms with Gasteiger partial charge in [0.25, 0.3) is 11.8 Å². The zero-order valence-electron chi connectivity index (χ0n) is 48.2. The van der Waals surface area contributed by atoms with Gasteiger partial charge in [-0.3, -0.25) is 29.4 Å². The van der Waals surface area contributed by atoms with Gasteiger partial charge in [-0.05, 0) is 97.6 Å². The SMILES string of the molecule is CCOC(=O)C1=C(CN2CC[C@]3(F)C(=O)N(c4ccc(C(=O)O)cc4)C[C@@H]3C2)NC(c2ncc(COC(=O)C3=C(CN4CC[C@]5(F)C(=O)N(c6cccc(C(=O)O)c6)C[C@@H]5C4)NC(c4nccs4)=N[C@H]3c3cccc(F)c3C)s2)=N[C@H]1c1cccc(F)c1C. The van der Waals surface area contributed by atoms with Crippen LogP contribution in [0.15, 0.2) is 135 Å². The van der Waals surface area contributed by atoms with E-state index >= 15 is 22.4 Å². The van der Waals surface area contributed by atoms with E-state index in [1.165, 1.54) is 94.1 Å². The van der Waals surface area contributed by atoms with Crippen LogP contribution < -0.4 is 20.4 Å². The van der Waals surface area contributed by atoms with Crippen molar-refractivity contribution in [1.29, 1.82) is 0 Å². The number of aromatic nitrogens is 2. The highest BCUT2D eigenvalue weighted by Gasteiger charge is 2.59. The van der Waals surface area contributed by atoms with Gasteiger partial charge in [0, 0.05) is 118 Å². The molecule has 0 aliphatic carbocycles. The molecule has 2 aromatic heterocycles. The molecule has 6 aliphatic heterocycles. The van der Waals surface area contributed by atoms with Crippen LogP contribution in [-0.4, -0.2) is 148 Å². The van der Waals surface area contributed by atoms with E-state index in [1.807, 2.05) is 9.80 Å². The summed E-state index contributed by atoms with van der Waals surface area (Å²) < 4.78 is 76.8. The number of anilines is 2. The average molecular weight is 1260 g/mol. The topological polar surface area (TPSA) is 249 Å². The van der Waals surface area contributed by atoms with Gasteiger partial charge >= 0.3 is 23.9 Å². The van der Waals surface area contributed by atoms with Crippen LogP contribution in [0.3, 0.4) is 0 Å². The van der Waals surface area contributed by atoms with Crippen LogP contribution in [0.4, 0.5) is 28.9 Å². The summed E-state index contributed by atoms with van der Waals surface area (Å²) in [5, 5.41) is 28.2. The first-order valence-electron chi connectivity index (χ1n) is 28.7. The zero-order valence-corrected chi connectivity index (χ0v) is 49.8. The van der Waals surface area contributed by atoms with Crippen LogP contribution in [-0.2, 0) is 35.3 Å². The lowest BCUT2D eigenvalue weighted by Gasteiger charge is -2.38. The van der Waals surface area contributed by atoms with Gasteiger partial charge in [0.05, 0.1) is 33.8 Å². The normalized spacial score (nSPS) is 23.8. The fourth-order valence-electron chi connectivity index (χ4n) is 12.6. The molecule has 6 atom stereocenters. The number of carboxylic acids is 2. The molecule has 2 amide bonds. The molecule has 0 bridgehead atoms. The number of nitrogens with zero attached hydrogens (tertiary/aromatic N) is 8. The Hall–Kier alpha value is -8.98. The van der Waals surface area contributed by atoms with Crippen LogP contribution in [0, 0.1) is 37.3 Å². The molecule has 4 N–H and O–H groups in total. The molecule has 0 saturated carbocycles. The number of thiazole rings is 2. The van der Waals surface area contributed by atoms with Crippen molar-refractivity contribution in [2.24, 2.45) is 21.8 Å². The van der Waals surface area contributed by atoms with Crippen LogP contribution in [0.5, 0.6) is 0 Å². The third kappa shape index (κ3) is 11.4. The van der Waals surface area contributed by atoms with Gasteiger partial charge < -0.3 is 40.1 Å². The number of alkyl halides is 2. The molecule has 6 aromatic rings. The molecule has 12 rings (SSSR count). The number of amides is 2. The first kappa shape index (κ1) is 60.3. The molecule has 20 nitrogen and oxygen atoms in total. The molecule has 0 radical (unpaired) electrons. The van der Waals surface area contributed by atoms with E-state index in [-0.39, 0.29) is 134 Å². The Balaban J connectivity index is 0.831. The molecule has 4 saturated heterocycles. The minimum absolute atomic E-state index is 0.00109. The summed E-state index contributed by atoms with van der Waals surface area (Å²) in [6.45, 7) is 4.67. The van der Waals surface area contributed by atoms with Gasteiger partial charge in [-0.2, -0.15) is 0 Å². The molecular weight excluding hydrogens is 1200 g/mol. The fourth-order valence-corrected chi connectivity index (χ4v) is 14.0. The van der Waals surface area contributed by atoms with Crippen molar-refractivity contribution in [1.82, 2.24) is 30.4 Å². The third-order valence-electron chi connectivity index (χ3n) is 17.3. The molecule has 0 unspecified atom stereocenters. The van der Waals surface area contributed by atoms with Gasteiger partial charge in [0.1, 0.15) is 30.3 Å². The van der Waals surface area contributed by atoms with E-state index in [0.29, 0.717) is 38.1 Å². The number of amidine groups is 2. The molecule has 89 heavy (non-hydrogen) atoms. The summed E-state index contributed by atoms with van der Waals surface area (Å²) in [5.41, 5.74) is -2.06. The van der Waals surface area contributed by atoms with E-state index in [2.05, 4.69) is 20.6 Å². The number of aliphatic imine (C=N–C) groups is 2. The fraction of sp³-hybridized carbons (Fsp3) is 0.333. The van der Waals surface area contributed by atoms with E-state index in [0.717, 1.165) is 11.3 Å². The first-order chi connectivity index (χ1) is 42.7. The van der Waals surface area contributed by atoms with Crippen molar-refractivity contribution < 1.29 is 66.0 Å². The largest absolute Gasteiger partial charge is 0.478 e. The maximum absolute atomic E-state index is 17.0. The lowest BCUT2D eigenvalue weighted by atomic mass is 9.84. The number of halogens is 4. The number of fused-ring (bicyclic) bond motifs is 2. The van der Waals surface area contributed by atoms with E-state index in [4.69, 9.17) is 19.5 Å². The summed E-state index contributed by atoms with van der Waals surface area (Å²) in [5.74, 6) is -7.72. The number of aromatic carboxylic acids is 2. The Morgan fingerprint density at radius 2 is 1.19 bits per heavy atom. The summed E-state index contributed by atoms with van der Waals surface area (Å²) >= 11 is 2.38. The number of carbonyl (C=O) groups excluding carboxylic acids is 4. The quantitative estimate of drug-likeness (QED) is 0.0498. The number of hydrogen-bond donors (Lipinski definition) is 4. The molecule has 0 spiro atoms. The Labute approximate surface area is 514 Å². The Kier molecular flexibility index (Phi) is 16.4. The van der Waals surface area contributed by atoms with E-state index in [1.54, 1.807) is 50.5 Å². The molecule has 4 aromatic carbocycles. The second-order valence-corrected chi connectivity index (χ2v) is 24.6. The maximum atomic E-state index is 17.0. The third-order valence-corrected chi connectivity index (χ3v) is 19.1. The summed E-state index contributed by atoms with van der Waals surface area (Å²) in [4.78, 5) is 106. The highest BCUT2D eigenvalue weighted by Crippen LogP contribution is 2.45. The Bertz CT molecular complexity index is 4010. The molecule has 26 heteroatoms. The highest BCUT2D eigenvalue weighted by atomic mass is 32.1. The predicted molar refractivity (Wildman–Crippen MR) is 320 cm³/mol. The van der Waals surface area contributed by atoms with Gasteiger partial charge in [0.2, 0.25) is 0 Å². The van der Waals surface area contributed by atoms with Crippen molar-refractivity contribution in [2.45, 2.75) is 63.6 Å². The Morgan fingerprint density at radius 1 is 0.663 bits per heavy atom. The van der Waals surface area contributed by atoms with Crippen LogP contribution >= 0.6 is 22.7 Å². The smallest absolute Gasteiger partial charge is 0.338 e. The number of rotatable bonds is 17. The van der Waals surface area contributed by atoms with Gasteiger partial charge in [-0.25, -0.2) is 46.7 Å². The molecule has 8 heterocycles. The van der Waals surface area contributed by atoms with Crippen molar-refractivity contribution in [3.8, 4) is 0 Å². The standard InChI is InChI=1S/C63H58F4N10O10S2/c1-4-86-58(82)48-46(30-74-21-18-62(66)37(26-74)28-76(60(62)84)39-16-14-35(15-17-39)56(78)79)71-53(73-50(48)42-10-6-12-44(64)33(42)2)55-69-25-41(89-55)32-87-59(83)49-47(70-52(54-68-20-23-88-54)72-51(49)43-11-7-13-45(65)34(43)3)31-75-22-19-63(67)38(27-75)29-77(61(63)85)40-9-5-8-36(24-40)57(80)81/h5-17,20,23-25,37-38,50-51H,4,18-19,21-22,26-32H2,1-3H3,(H,70,72)(H,71,73)(H,78,79)(H,80,81)/t37-,38-,50-,51-,62+,63+/m0/s1. The minimum atomic E-state index is -2.25. The van der Waals surface area contributed by atoms with Gasteiger partial charge in [-0.1, -0.05) is 30.3 Å². The van der Waals surface area contributed by atoms with Crippen LogP contribution in [0.2, 0.25) is 0 Å². The number of nitrogens with one attached hydrogen (secondary N) is 2. The van der Waals surface area contributed by atoms with Gasteiger partial charge in [-0.15, -0.1) is 22.7 Å². The van der Waals surface area contributed by atoms with Gasteiger partial charge in [0.15, 0.2) is 33.0 Å². The second-order valence-electron chi connectivity index (χ2n) is 22.6. The number of carbonyl (C=O) groups is 6. The zero-order chi connectivity index (χ0) is 62.6.